The molecule has 2 aromatic carbocycles. The summed E-state index contributed by atoms with van der Waals surface area (Å²) in [6.07, 6.45) is 0.969. The van der Waals surface area contributed by atoms with Crippen molar-refractivity contribution in [1.29, 1.82) is 0 Å². The number of nitrogens with zero attached hydrogens (tertiary/aromatic N) is 1. The van der Waals surface area contributed by atoms with Gasteiger partial charge in [0.1, 0.15) is 0 Å². The lowest BCUT2D eigenvalue weighted by molar-refractivity contribution is -0.123. The molecule has 25 heavy (non-hydrogen) atoms. The van der Waals surface area contributed by atoms with E-state index < -0.39 is 0 Å². The average Bonchev–Trinajstić information content (AvgIpc) is 2.92. The van der Waals surface area contributed by atoms with Gasteiger partial charge in [0.2, 0.25) is 5.91 Å². The van der Waals surface area contributed by atoms with E-state index in [1.165, 1.54) is 11.1 Å². The van der Waals surface area contributed by atoms with Crippen LogP contribution in [0.5, 0.6) is 0 Å². The Morgan fingerprint density at radius 3 is 2.64 bits per heavy atom. The number of hydrogen-bond acceptors (Lipinski definition) is 3. The minimum Gasteiger partial charge on any atom is -0.371 e. The lowest BCUT2D eigenvalue weighted by atomic mass is 9.99. The molecule has 4 heteroatoms. The van der Waals surface area contributed by atoms with E-state index in [0.29, 0.717) is 0 Å². The molecule has 0 aromatic heterocycles. The third-order valence-corrected chi connectivity index (χ3v) is 5.14. The number of benzene rings is 2. The van der Waals surface area contributed by atoms with Crippen LogP contribution in [0.4, 0.5) is 5.69 Å². The number of rotatable bonds is 4. The van der Waals surface area contributed by atoms with Gasteiger partial charge in [-0.3, -0.25) is 9.69 Å². The first-order chi connectivity index (χ1) is 12.2. The zero-order chi connectivity index (χ0) is 17.2. The summed E-state index contributed by atoms with van der Waals surface area (Å²) in [5.74, 6) is 0.0177. The Balaban J connectivity index is 1.38. The van der Waals surface area contributed by atoms with Crippen LogP contribution in [0, 0.1) is 12.8 Å². The number of nitrogens with one attached hydrogen (secondary N) is 1. The van der Waals surface area contributed by atoms with E-state index in [9.17, 15) is 4.79 Å². The highest BCUT2D eigenvalue weighted by atomic mass is 16.5. The topological polar surface area (TPSA) is 41.6 Å². The maximum atomic E-state index is 12.7. The SMILES string of the molecule is Cc1ccc(CN2C[C@H]3C[C@H](C(=O)Nc4ccccc4)[C@@H](C2)O3)cc1. The summed E-state index contributed by atoms with van der Waals surface area (Å²) in [5.41, 5.74) is 3.45. The van der Waals surface area contributed by atoms with Gasteiger partial charge in [0.05, 0.1) is 18.1 Å². The number of morpholine rings is 1. The van der Waals surface area contributed by atoms with E-state index in [2.05, 4.69) is 41.4 Å². The fourth-order valence-electron chi connectivity index (χ4n) is 3.85. The number of likely N-dealkylation sites (tertiary alicyclic amines) is 1. The molecular formula is C21H24N2O2. The van der Waals surface area contributed by atoms with Crippen molar-refractivity contribution in [3.05, 3.63) is 65.7 Å². The van der Waals surface area contributed by atoms with Gasteiger partial charge in [0, 0.05) is 25.3 Å². The largest absolute Gasteiger partial charge is 0.371 e. The number of carbonyl (C=O) groups excluding carboxylic acids is 1. The van der Waals surface area contributed by atoms with Crippen LogP contribution in [0.25, 0.3) is 0 Å². The van der Waals surface area contributed by atoms with Gasteiger partial charge < -0.3 is 10.1 Å². The monoisotopic (exact) mass is 336 g/mol. The molecule has 2 aliphatic rings. The second kappa shape index (κ2) is 6.98. The highest BCUT2D eigenvalue weighted by Crippen LogP contribution is 2.33. The van der Waals surface area contributed by atoms with Crippen LogP contribution in [-0.4, -0.2) is 36.1 Å². The highest BCUT2D eigenvalue weighted by molar-refractivity contribution is 5.93. The van der Waals surface area contributed by atoms with Gasteiger partial charge in [-0.2, -0.15) is 0 Å². The molecule has 3 atom stereocenters. The van der Waals surface area contributed by atoms with Crippen molar-refractivity contribution in [3.63, 3.8) is 0 Å². The van der Waals surface area contributed by atoms with Crippen molar-refractivity contribution in [2.24, 2.45) is 5.92 Å². The molecule has 4 nitrogen and oxygen atoms in total. The van der Waals surface area contributed by atoms with Crippen LogP contribution in [0.15, 0.2) is 54.6 Å². The molecule has 2 bridgehead atoms. The van der Waals surface area contributed by atoms with Crippen molar-refractivity contribution in [2.75, 3.05) is 18.4 Å². The van der Waals surface area contributed by atoms with Gasteiger partial charge in [-0.25, -0.2) is 0 Å². The Kier molecular flexibility index (Phi) is 4.55. The molecule has 0 spiro atoms. The smallest absolute Gasteiger partial charge is 0.230 e. The predicted octanol–water partition coefficient (Wildman–Crippen LogP) is 3.22. The van der Waals surface area contributed by atoms with Crippen molar-refractivity contribution < 1.29 is 9.53 Å². The summed E-state index contributed by atoms with van der Waals surface area (Å²) in [6.45, 7) is 4.75. The number of carbonyl (C=O) groups is 1. The van der Waals surface area contributed by atoms with E-state index in [0.717, 1.165) is 31.7 Å². The van der Waals surface area contributed by atoms with E-state index in [1.807, 2.05) is 30.3 Å². The average molecular weight is 336 g/mol. The Hall–Kier alpha value is -2.17. The van der Waals surface area contributed by atoms with Crippen LogP contribution >= 0.6 is 0 Å². The molecule has 2 aromatic rings. The van der Waals surface area contributed by atoms with Crippen LogP contribution in [-0.2, 0) is 16.1 Å². The summed E-state index contributed by atoms with van der Waals surface area (Å²) in [5, 5.41) is 3.03. The predicted molar refractivity (Wildman–Crippen MR) is 98.3 cm³/mol. The van der Waals surface area contributed by atoms with Crippen LogP contribution in [0.2, 0.25) is 0 Å². The van der Waals surface area contributed by atoms with Gasteiger partial charge in [-0.15, -0.1) is 0 Å². The summed E-state index contributed by atoms with van der Waals surface area (Å²) in [6, 6.07) is 18.3. The Bertz CT molecular complexity index is 729. The molecule has 0 radical (unpaired) electrons. The Morgan fingerprint density at radius 1 is 1.12 bits per heavy atom. The van der Waals surface area contributed by atoms with Gasteiger partial charge >= 0.3 is 0 Å². The normalized spacial score (nSPS) is 25.7. The molecule has 2 saturated heterocycles. The van der Waals surface area contributed by atoms with Crippen molar-refractivity contribution >= 4 is 11.6 Å². The van der Waals surface area contributed by atoms with Gasteiger partial charge in [0.25, 0.3) is 0 Å². The maximum absolute atomic E-state index is 12.7. The number of anilines is 1. The molecule has 2 fully saturated rings. The quantitative estimate of drug-likeness (QED) is 0.932. The minimum absolute atomic E-state index is 0.00656. The minimum atomic E-state index is -0.0618. The van der Waals surface area contributed by atoms with Gasteiger partial charge in [-0.1, -0.05) is 48.0 Å². The number of hydrogen-bond donors (Lipinski definition) is 1. The van der Waals surface area contributed by atoms with E-state index in [1.54, 1.807) is 0 Å². The molecule has 4 rings (SSSR count). The molecule has 2 heterocycles. The van der Waals surface area contributed by atoms with Crippen molar-refractivity contribution in [2.45, 2.75) is 32.1 Å². The zero-order valence-corrected chi connectivity index (χ0v) is 14.5. The third kappa shape index (κ3) is 3.75. The molecule has 0 aliphatic carbocycles. The fourth-order valence-corrected chi connectivity index (χ4v) is 3.85. The third-order valence-electron chi connectivity index (χ3n) is 5.14. The standard InChI is InChI=1S/C21H24N2O2/c1-15-7-9-16(10-8-15)12-23-13-18-11-19(20(14-23)25-18)21(24)22-17-5-3-2-4-6-17/h2-10,18-20H,11-14H2,1H3,(H,22,24)/t18-,19+,20-/m1/s1. The first kappa shape index (κ1) is 16.3. The summed E-state index contributed by atoms with van der Waals surface area (Å²) in [7, 11) is 0. The molecule has 0 saturated carbocycles. The fraction of sp³-hybridized carbons (Fsp3) is 0.381. The summed E-state index contributed by atoms with van der Waals surface area (Å²) < 4.78 is 6.05. The second-order valence-corrected chi connectivity index (χ2v) is 7.17. The second-order valence-electron chi connectivity index (χ2n) is 7.17. The molecule has 1 amide bonds. The van der Waals surface area contributed by atoms with Crippen LogP contribution < -0.4 is 5.32 Å². The molecule has 0 unspecified atom stereocenters. The van der Waals surface area contributed by atoms with Gasteiger partial charge in [0.15, 0.2) is 0 Å². The number of ether oxygens (including phenoxy) is 1. The Labute approximate surface area is 148 Å². The first-order valence-corrected chi connectivity index (χ1v) is 8.96. The molecule has 1 N–H and O–H groups in total. The van der Waals surface area contributed by atoms with E-state index in [4.69, 9.17) is 4.74 Å². The number of aryl methyl sites for hydroxylation is 1. The van der Waals surface area contributed by atoms with Crippen LogP contribution in [0.3, 0.4) is 0 Å². The van der Waals surface area contributed by atoms with E-state index >= 15 is 0 Å². The zero-order valence-electron chi connectivity index (χ0n) is 14.5. The number of amides is 1. The summed E-state index contributed by atoms with van der Waals surface area (Å²) in [4.78, 5) is 15.1. The maximum Gasteiger partial charge on any atom is 0.230 e. The van der Waals surface area contributed by atoms with Crippen LogP contribution in [0.1, 0.15) is 17.5 Å². The number of fused-ring (bicyclic) bond motifs is 2. The molecule has 2 aliphatic heterocycles. The summed E-state index contributed by atoms with van der Waals surface area (Å²) >= 11 is 0. The Morgan fingerprint density at radius 2 is 1.88 bits per heavy atom. The lowest BCUT2D eigenvalue weighted by Crippen LogP contribution is -2.44. The number of para-hydroxylation sites is 1. The first-order valence-electron chi connectivity index (χ1n) is 8.96. The van der Waals surface area contributed by atoms with Crippen molar-refractivity contribution in [3.8, 4) is 0 Å². The van der Waals surface area contributed by atoms with E-state index in [-0.39, 0.29) is 24.0 Å². The van der Waals surface area contributed by atoms with Crippen molar-refractivity contribution in [1.82, 2.24) is 4.90 Å². The molecular weight excluding hydrogens is 312 g/mol. The van der Waals surface area contributed by atoms with Gasteiger partial charge in [-0.05, 0) is 31.0 Å². The highest BCUT2D eigenvalue weighted by Gasteiger charge is 2.44. The lowest BCUT2D eigenvalue weighted by Gasteiger charge is -2.32. The molecule has 130 valence electrons.